The number of guanidine groups is 1. The number of nitrogens with one attached hydrogen (secondary N) is 3. The summed E-state index contributed by atoms with van der Waals surface area (Å²) in [6.07, 6.45) is 4.35. The van der Waals surface area contributed by atoms with E-state index in [1.807, 2.05) is 42.8 Å². The quantitative estimate of drug-likeness (QED) is 0.240. The van der Waals surface area contributed by atoms with Gasteiger partial charge in [0.15, 0.2) is 5.96 Å². The number of likely N-dealkylation sites (tertiary alicyclic amines) is 1. The smallest absolute Gasteiger partial charge is 0.191 e. The fourth-order valence-electron chi connectivity index (χ4n) is 4.22. The maximum absolute atomic E-state index is 4.50. The van der Waals surface area contributed by atoms with Crippen molar-refractivity contribution in [1.82, 2.24) is 25.5 Å². The van der Waals surface area contributed by atoms with Crippen LogP contribution in [0.1, 0.15) is 29.6 Å². The van der Waals surface area contributed by atoms with Crippen molar-refractivity contribution in [2.45, 2.75) is 25.4 Å². The highest BCUT2D eigenvalue weighted by Crippen LogP contribution is 2.36. The molecule has 3 heterocycles. The van der Waals surface area contributed by atoms with Gasteiger partial charge in [0.05, 0.1) is 18.4 Å². The number of aromatic amines is 1. The minimum Gasteiger partial charge on any atom is -0.356 e. The Morgan fingerprint density at radius 1 is 1.23 bits per heavy atom. The molecule has 1 aliphatic rings. The SMILES string of the molecule is CN=C(NCc1ncc(-c2ccccc2)[nH]1)NCC1CCCN(C)C1c1cccs1.I. The predicted octanol–water partition coefficient (Wildman–Crippen LogP) is 4.50. The lowest BCUT2D eigenvalue weighted by molar-refractivity contribution is 0.125. The third kappa shape index (κ3) is 6.08. The molecule has 8 heteroatoms. The van der Waals surface area contributed by atoms with E-state index in [9.17, 15) is 0 Å². The zero-order valence-electron chi connectivity index (χ0n) is 18.0. The molecule has 1 saturated heterocycles. The molecule has 4 rings (SSSR count). The van der Waals surface area contributed by atoms with Crippen LogP contribution >= 0.6 is 35.3 Å². The van der Waals surface area contributed by atoms with Crippen molar-refractivity contribution in [3.8, 4) is 11.3 Å². The van der Waals surface area contributed by atoms with Gasteiger partial charge in [0.25, 0.3) is 0 Å². The molecular weight excluding hydrogens is 519 g/mol. The Kier molecular flexibility index (Phi) is 8.91. The number of piperidine rings is 1. The Morgan fingerprint density at radius 2 is 2.06 bits per heavy atom. The summed E-state index contributed by atoms with van der Waals surface area (Å²) in [5, 5.41) is 9.10. The second-order valence-electron chi connectivity index (χ2n) is 7.76. The molecule has 0 aliphatic carbocycles. The molecule has 166 valence electrons. The Bertz CT molecular complexity index is 940. The normalized spacial score (nSPS) is 19.6. The highest BCUT2D eigenvalue weighted by Gasteiger charge is 2.31. The van der Waals surface area contributed by atoms with Gasteiger partial charge in [-0.2, -0.15) is 0 Å². The number of aromatic nitrogens is 2. The number of H-pyrrole nitrogens is 1. The zero-order chi connectivity index (χ0) is 20.8. The van der Waals surface area contributed by atoms with Crippen molar-refractivity contribution < 1.29 is 0 Å². The number of benzene rings is 1. The Morgan fingerprint density at radius 3 is 2.81 bits per heavy atom. The van der Waals surface area contributed by atoms with Crippen LogP contribution in [-0.4, -0.2) is 48.0 Å². The van der Waals surface area contributed by atoms with E-state index in [2.05, 4.69) is 67.2 Å². The van der Waals surface area contributed by atoms with E-state index in [0.29, 0.717) is 18.5 Å². The highest BCUT2D eigenvalue weighted by molar-refractivity contribution is 14.0. The van der Waals surface area contributed by atoms with Crippen molar-refractivity contribution >= 4 is 41.3 Å². The van der Waals surface area contributed by atoms with Crippen LogP contribution in [0.4, 0.5) is 0 Å². The summed E-state index contributed by atoms with van der Waals surface area (Å²) in [7, 11) is 4.06. The fourth-order valence-corrected chi connectivity index (χ4v) is 5.20. The largest absolute Gasteiger partial charge is 0.356 e. The van der Waals surface area contributed by atoms with Gasteiger partial charge in [-0.3, -0.25) is 9.89 Å². The van der Waals surface area contributed by atoms with Gasteiger partial charge >= 0.3 is 0 Å². The lowest BCUT2D eigenvalue weighted by atomic mass is 9.88. The van der Waals surface area contributed by atoms with Crippen LogP contribution in [0.3, 0.4) is 0 Å². The molecule has 1 aromatic carbocycles. The topological polar surface area (TPSA) is 68.3 Å². The molecule has 3 N–H and O–H groups in total. The summed E-state index contributed by atoms with van der Waals surface area (Å²) in [5.41, 5.74) is 2.17. The van der Waals surface area contributed by atoms with Crippen molar-refractivity contribution in [2.24, 2.45) is 10.9 Å². The molecule has 2 aromatic heterocycles. The van der Waals surface area contributed by atoms with Crippen LogP contribution in [0.15, 0.2) is 59.0 Å². The van der Waals surface area contributed by atoms with E-state index in [-0.39, 0.29) is 24.0 Å². The van der Waals surface area contributed by atoms with Crippen LogP contribution in [0, 0.1) is 5.92 Å². The van der Waals surface area contributed by atoms with E-state index in [1.165, 1.54) is 17.7 Å². The monoisotopic (exact) mass is 550 g/mol. The van der Waals surface area contributed by atoms with E-state index in [1.54, 1.807) is 0 Å². The number of rotatable bonds is 6. The minimum absolute atomic E-state index is 0. The average molecular weight is 551 g/mol. The molecule has 3 aromatic rings. The molecule has 1 fully saturated rings. The minimum atomic E-state index is 0. The van der Waals surface area contributed by atoms with Crippen molar-refractivity contribution in [2.75, 3.05) is 27.2 Å². The fraction of sp³-hybridized carbons (Fsp3) is 0.391. The Labute approximate surface area is 205 Å². The lowest BCUT2D eigenvalue weighted by Crippen LogP contribution is -2.44. The first-order valence-corrected chi connectivity index (χ1v) is 11.4. The number of hydrogen-bond donors (Lipinski definition) is 3. The highest BCUT2D eigenvalue weighted by atomic mass is 127. The van der Waals surface area contributed by atoms with Crippen LogP contribution < -0.4 is 10.6 Å². The van der Waals surface area contributed by atoms with Gasteiger partial charge in [-0.25, -0.2) is 4.98 Å². The van der Waals surface area contributed by atoms with Gasteiger partial charge in [-0.05, 0) is 49.4 Å². The maximum atomic E-state index is 4.50. The molecular formula is C23H31IN6S. The summed E-state index contributed by atoms with van der Waals surface area (Å²) in [6, 6.07) is 15.1. The number of nitrogens with zero attached hydrogens (tertiary/aromatic N) is 3. The molecule has 6 nitrogen and oxygen atoms in total. The molecule has 2 atom stereocenters. The van der Waals surface area contributed by atoms with Crippen molar-refractivity contribution in [3.05, 3.63) is 64.7 Å². The molecule has 0 spiro atoms. The summed E-state index contributed by atoms with van der Waals surface area (Å²) in [5.74, 6) is 2.27. The molecule has 1 aliphatic heterocycles. The third-order valence-electron chi connectivity index (χ3n) is 5.73. The van der Waals surface area contributed by atoms with Crippen LogP contribution in [0.5, 0.6) is 0 Å². The summed E-state index contributed by atoms with van der Waals surface area (Å²) in [6.45, 7) is 2.67. The van der Waals surface area contributed by atoms with Gasteiger partial charge in [0, 0.05) is 24.5 Å². The summed E-state index contributed by atoms with van der Waals surface area (Å²) in [4.78, 5) is 16.2. The zero-order valence-corrected chi connectivity index (χ0v) is 21.2. The number of aliphatic imine (C=N–C) groups is 1. The van der Waals surface area contributed by atoms with Crippen LogP contribution in [0.25, 0.3) is 11.3 Å². The predicted molar refractivity (Wildman–Crippen MR) is 140 cm³/mol. The summed E-state index contributed by atoms with van der Waals surface area (Å²) < 4.78 is 0. The van der Waals surface area contributed by atoms with Crippen LogP contribution in [0.2, 0.25) is 0 Å². The van der Waals surface area contributed by atoms with E-state index in [0.717, 1.165) is 36.1 Å². The number of thiophene rings is 1. The first-order valence-electron chi connectivity index (χ1n) is 10.5. The third-order valence-corrected chi connectivity index (χ3v) is 6.68. The van der Waals surface area contributed by atoms with E-state index in [4.69, 9.17) is 0 Å². The van der Waals surface area contributed by atoms with Crippen molar-refractivity contribution in [1.29, 1.82) is 0 Å². The number of hydrogen-bond acceptors (Lipinski definition) is 4. The van der Waals surface area contributed by atoms with Gasteiger partial charge in [0.1, 0.15) is 5.82 Å². The van der Waals surface area contributed by atoms with E-state index < -0.39 is 0 Å². The molecule has 0 radical (unpaired) electrons. The summed E-state index contributed by atoms with van der Waals surface area (Å²) >= 11 is 1.86. The Balaban J connectivity index is 0.00000272. The van der Waals surface area contributed by atoms with Gasteiger partial charge in [-0.15, -0.1) is 35.3 Å². The maximum Gasteiger partial charge on any atom is 0.191 e. The Hall–Kier alpha value is -1.91. The van der Waals surface area contributed by atoms with Gasteiger partial charge < -0.3 is 15.6 Å². The molecule has 0 amide bonds. The first-order chi connectivity index (χ1) is 14.7. The van der Waals surface area contributed by atoms with Gasteiger partial charge in [0.2, 0.25) is 0 Å². The number of halogens is 1. The van der Waals surface area contributed by atoms with Gasteiger partial charge in [-0.1, -0.05) is 36.4 Å². The molecule has 0 bridgehead atoms. The second kappa shape index (κ2) is 11.6. The molecule has 0 saturated carbocycles. The van der Waals surface area contributed by atoms with Crippen molar-refractivity contribution in [3.63, 3.8) is 0 Å². The first kappa shape index (κ1) is 23.7. The van der Waals surface area contributed by atoms with Crippen LogP contribution in [-0.2, 0) is 6.54 Å². The number of imidazole rings is 1. The molecule has 2 unspecified atom stereocenters. The average Bonchev–Trinajstić information content (AvgIpc) is 3.47. The lowest BCUT2D eigenvalue weighted by Gasteiger charge is -2.39. The second-order valence-corrected chi connectivity index (χ2v) is 8.74. The standard InChI is InChI=1S/C23H30N6S.HI/c1-24-23(27-16-21-25-15-19(28-21)17-8-4-3-5-9-17)26-14-18-10-6-12-29(2)22(18)20-11-7-13-30-20;/h3-5,7-9,11,13,15,18,22H,6,10,12,14,16H2,1-2H3,(H,25,28)(H2,24,26,27);1H. The molecule has 31 heavy (non-hydrogen) atoms. The van der Waals surface area contributed by atoms with E-state index >= 15 is 0 Å².